The van der Waals surface area contributed by atoms with Gasteiger partial charge in [0.25, 0.3) is 5.91 Å². The molecule has 2 N–H and O–H groups in total. The normalized spacial score (nSPS) is 12.5. The summed E-state index contributed by atoms with van der Waals surface area (Å²) in [7, 11) is 0. The predicted octanol–water partition coefficient (Wildman–Crippen LogP) is 6.43. The van der Waals surface area contributed by atoms with Crippen LogP contribution in [0.3, 0.4) is 0 Å². The summed E-state index contributed by atoms with van der Waals surface area (Å²) in [4.78, 5) is 41.4. The first-order valence-electron chi connectivity index (χ1n) is 12.6. The maximum absolute atomic E-state index is 13.9. The summed E-state index contributed by atoms with van der Waals surface area (Å²) in [5, 5.41) is 5.91. The Morgan fingerprint density at radius 1 is 1.00 bits per heavy atom. The van der Waals surface area contributed by atoms with Crippen LogP contribution in [0.5, 0.6) is 0 Å². The molecule has 7 nitrogen and oxygen atoms in total. The molecule has 2 aromatic carbocycles. The van der Waals surface area contributed by atoms with E-state index in [0.717, 1.165) is 17.5 Å². The van der Waals surface area contributed by atoms with Crippen LogP contribution >= 0.6 is 11.6 Å². The highest BCUT2D eigenvalue weighted by atomic mass is 35.5. The van der Waals surface area contributed by atoms with Crippen molar-refractivity contribution in [3.05, 3.63) is 64.2 Å². The SMILES string of the molecule is CCc1ccc(C(C(=O)Nc2c(C)cccc2Cl)N(C(=O)CNC(=O)OC(C)(C)C)C(C)(C)CC)cc1. The molecule has 0 aliphatic rings. The number of carbonyl (C=O) groups excluding carboxylic acids is 3. The van der Waals surface area contributed by atoms with Gasteiger partial charge in [-0.25, -0.2) is 4.79 Å². The van der Waals surface area contributed by atoms with Gasteiger partial charge in [0, 0.05) is 5.54 Å². The number of amides is 3. The lowest BCUT2D eigenvalue weighted by Gasteiger charge is -2.43. The topological polar surface area (TPSA) is 87.7 Å². The van der Waals surface area contributed by atoms with Gasteiger partial charge in [0.05, 0.1) is 10.7 Å². The quantitative estimate of drug-likeness (QED) is 0.391. The highest BCUT2D eigenvalue weighted by Crippen LogP contribution is 2.34. The number of hydrogen-bond donors (Lipinski definition) is 2. The van der Waals surface area contributed by atoms with Gasteiger partial charge in [0.1, 0.15) is 18.2 Å². The maximum Gasteiger partial charge on any atom is 0.408 e. The van der Waals surface area contributed by atoms with Gasteiger partial charge in [-0.2, -0.15) is 0 Å². The average Bonchev–Trinajstić information content (AvgIpc) is 2.82. The lowest BCUT2D eigenvalue weighted by molar-refractivity contribution is -0.145. The molecule has 0 aromatic heterocycles. The van der Waals surface area contributed by atoms with E-state index in [-0.39, 0.29) is 6.54 Å². The summed E-state index contributed by atoms with van der Waals surface area (Å²) in [6, 6.07) is 12.1. The lowest BCUT2D eigenvalue weighted by Crippen LogP contribution is -2.55. The van der Waals surface area contributed by atoms with E-state index in [1.165, 1.54) is 0 Å². The largest absolute Gasteiger partial charge is 0.444 e. The fourth-order valence-corrected chi connectivity index (χ4v) is 4.15. The van der Waals surface area contributed by atoms with Gasteiger partial charge in [-0.15, -0.1) is 0 Å². The van der Waals surface area contributed by atoms with Crippen LogP contribution in [0.2, 0.25) is 5.02 Å². The molecule has 0 aliphatic heterocycles. The van der Waals surface area contributed by atoms with Crippen molar-refractivity contribution in [1.29, 1.82) is 0 Å². The number of rotatable bonds is 9. The third-order valence-electron chi connectivity index (χ3n) is 6.25. The number of hydrogen-bond acceptors (Lipinski definition) is 4. The Morgan fingerprint density at radius 3 is 2.14 bits per heavy atom. The smallest absolute Gasteiger partial charge is 0.408 e. The van der Waals surface area contributed by atoms with Gasteiger partial charge < -0.3 is 20.3 Å². The summed E-state index contributed by atoms with van der Waals surface area (Å²) in [6.45, 7) is 14.6. The molecule has 0 bridgehead atoms. The number of carbonyl (C=O) groups is 3. The Kier molecular flexibility index (Phi) is 10.2. The van der Waals surface area contributed by atoms with Crippen molar-refractivity contribution in [2.24, 2.45) is 0 Å². The molecule has 202 valence electrons. The summed E-state index contributed by atoms with van der Waals surface area (Å²) in [5.41, 5.74) is 1.66. The second-order valence-electron chi connectivity index (χ2n) is 10.7. The van der Waals surface area contributed by atoms with E-state index < -0.39 is 35.1 Å². The van der Waals surface area contributed by atoms with Crippen molar-refractivity contribution in [3.63, 3.8) is 0 Å². The molecule has 8 heteroatoms. The van der Waals surface area contributed by atoms with Crippen molar-refractivity contribution in [3.8, 4) is 0 Å². The second-order valence-corrected chi connectivity index (χ2v) is 11.1. The van der Waals surface area contributed by atoms with E-state index >= 15 is 0 Å². The van der Waals surface area contributed by atoms with Gasteiger partial charge in [0.2, 0.25) is 5.91 Å². The summed E-state index contributed by atoms with van der Waals surface area (Å²) in [5.74, 6) is -0.805. The first-order chi connectivity index (χ1) is 17.2. The fourth-order valence-electron chi connectivity index (χ4n) is 3.88. The third kappa shape index (κ3) is 8.22. The van der Waals surface area contributed by atoms with E-state index in [1.807, 2.05) is 64.1 Å². The molecule has 3 amide bonds. The molecule has 0 fully saturated rings. The highest BCUT2D eigenvalue weighted by Gasteiger charge is 2.40. The van der Waals surface area contributed by atoms with Crippen LogP contribution < -0.4 is 10.6 Å². The van der Waals surface area contributed by atoms with Crippen LogP contribution in [0.15, 0.2) is 42.5 Å². The van der Waals surface area contributed by atoms with Crippen molar-refractivity contribution >= 4 is 35.2 Å². The standard InChI is InChI=1S/C29H40ClN3O4/c1-9-20-14-16-21(17-15-20)25(26(35)32-24-19(3)12-11-13-22(24)30)33(29(7,8)10-2)23(34)18-31-27(36)37-28(4,5)6/h11-17,25H,9-10,18H2,1-8H3,(H,31,36)(H,32,35). The lowest BCUT2D eigenvalue weighted by atomic mass is 9.92. The first-order valence-corrected chi connectivity index (χ1v) is 13.0. The molecule has 2 rings (SSSR count). The number of ether oxygens (including phenoxy) is 1. The van der Waals surface area contributed by atoms with Crippen LogP contribution in [0.25, 0.3) is 0 Å². The number of halogens is 1. The third-order valence-corrected chi connectivity index (χ3v) is 6.56. The van der Waals surface area contributed by atoms with E-state index in [9.17, 15) is 14.4 Å². The van der Waals surface area contributed by atoms with Crippen LogP contribution in [0.1, 0.15) is 77.6 Å². The Labute approximate surface area is 225 Å². The molecule has 0 radical (unpaired) electrons. The first kappa shape index (κ1) is 30.2. The average molecular weight is 530 g/mol. The molecule has 0 aliphatic carbocycles. The molecule has 2 aromatic rings. The van der Waals surface area contributed by atoms with Crippen molar-refractivity contribution < 1.29 is 19.1 Å². The molecule has 37 heavy (non-hydrogen) atoms. The van der Waals surface area contributed by atoms with Crippen LogP contribution in [0.4, 0.5) is 10.5 Å². The Morgan fingerprint density at radius 2 is 1.62 bits per heavy atom. The zero-order valence-corrected chi connectivity index (χ0v) is 24.0. The zero-order chi connectivity index (χ0) is 28.0. The van der Waals surface area contributed by atoms with Crippen LogP contribution in [-0.4, -0.2) is 40.5 Å². The van der Waals surface area contributed by atoms with Gasteiger partial charge in [-0.05, 0) is 77.1 Å². The van der Waals surface area contributed by atoms with Gasteiger partial charge in [-0.1, -0.05) is 61.8 Å². The molecular weight excluding hydrogens is 490 g/mol. The van der Waals surface area contributed by atoms with Crippen molar-refractivity contribution in [2.45, 2.75) is 85.4 Å². The fraction of sp³-hybridized carbons (Fsp3) is 0.483. The van der Waals surface area contributed by atoms with Gasteiger partial charge >= 0.3 is 6.09 Å². The maximum atomic E-state index is 13.9. The van der Waals surface area contributed by atoms with E-state index in [1.54, 1.807) is 31.7 Å². The minimum atomic E-state index is -0.968. The number of aryl methyl sites for hydroxylation is 2. The number of alkyl carbamates (subject to hydrolysis) is 1. The van der Waals surface area contributed by atoms with E-state index in [0.29, 0.717) is 22.7 Å². The minimum absolute atomic E-state index is 0.319. The van der Waals surface area contributed by atoms with E-state index in [2.05, 4.69) is 17.6 Å². The van der Waals surface area contributed by atoms with Gasteiger partial charge in [-0.3, -0.25) is 9.59 Å². The number of nitrogens with zero attached hydrogens (tertiary/aromatic N) is 1. The summed E-state index contributed by atoms with van der Waals surface area (Å²) >= 11 is 6.40. The molecule has 0 spiro atoms. The Balaban J connectivity index is 2.52. The number of anilines is 1. The van der Waals surface area contributed by atoms with Gasteiger partial charge in [0.15, 0.2) is 0 Å². The van der Waals surface area contributed by atoms with Crippen molar-refractivity contribution in [2.75, 3.05) is 11.9 Å². The van der Waals surface area contributed by atoms with Crippen LogP contribution in [-0.2, 0) is 20.7 Å². The zero-order valence-electron chi connectivity index (χ0n) is 23.2. The second kappa shape index (κ2) is 12.5. The molecule has 1 atom stereocenters. The van der Waals surface area contributed by atoms with Crippen LogP contribution in [0, 0.1) is 6.92 Å². The molecular formula is C29H40ClN3O4. The minimum Gasteiger partial charge on any atom is -0.444 e. The molecule has 0 heterocycles. The summed E-state index contributed by atoms with van der Waals surface area (Å²) < 4.78 is 5.29. The molecule has 1 unspecified atom stereocenters. The predicted molar refractivity (Wildman–Crippen MR) is 149 cm³/mol. The van der Waals surface area contributed by atoms with E-state index in [4.69, 9.17) is 16.3 Å². The molecule has 0 saturated heterocycles. The number of benzene rings is 2. The van der Waals surface area contributed by atoms with Crippen molar-refractivity contribution in [1.82, 2.24) is 10.2 Å². The highest BCUT2D eigenvalue weighted by molar-refractivity contribution is 6.34. The monoisotopic (exact) mass is 529 g/mol. The Hall–Kier alpha value is -3.06. The Bertz CT molecular complexity index is 1090. The number of para-hydroxylation sites is 1. The number of nitrogens with one attached hydrogen (secondary N) is 2. The summed E-state index contributed by atoms with van der Waals surface area (Å²) in [6.07, 6.45) is 0.724. The molecule has 0 saturated carbocycles.